The van der Waals surface area contributed by atoms with Gasteiger partial charge in [-0.25, -0.2) is 4.98 Å². The minimum Gasteiger partial charge on any atom is -0.338 e. The Morgan fingerprint density at radius 1 is 1.09 bits per heavy atom. The lowest BCUT2D eigenvalue weighted by atomic mass is 9.86. The van der Waals surface area contributed by atoms with Crippen molar-refractivity contribution in [3.8, 4) is 11.4 Å². The van der Waals surface area contributed by atoms with Gasteiger partial charge in [-0.2, -0.15) is 0 Å². The molecule has 3 aromatic rings. The molecule has 0 bridgehead atoms. The highest BCUT2D eigenvalue weighted by atomic mass is 35.5. The van der Waals surface area contributed by atoms with Crippen LogP contribution in [0.2, 0.25) is 10.0 Å². The summed E-state index contributed by atoms with van der Waals surface area (Å²) >= 11 is 12.0. The Morgan fingerprint density at radius 2 is 1.87 bits per heavy atom. The van der Waals surface area contributed by atoms with E-state index in [1.165, 1.54) is 0 Å². The van der Waals surface area contributed by atoms with Crippen LogP contribution >= 0.6 is 23.2 Å². The summed E-state index contributed by atoms with van der Waals surface area (Å²) in [5, 5.41) is 3.91. The molecule has 0 radical (unpaired) electrons. The van der Waals surface area contributed by atoms with Gasteiger partial charge in [0.25, 0.3) is 0 Å². The van der Waals surface area contributed by atoms with Gasteiger partial charge >= 0.3 is 0 Å². The lowest BCUT2D eigenvalue weighted by molar-refractivity contribution is -0.119. The Labute approximate surface area is 142 Å². The number of nitrogens with one attached hydrogen (secondary N) is 2. The third-order valence-corrected chi connectivity index (χ3v) is 5.04. The molecule has 2 aromatic carbocycles. The second-order valence-electron chi connectivity index (χ2n) is 6.21. The number of imidazole rings is 1. The minimum absolute atomic E-state index is 0.00450. The molecule has 1 aliphatic rings. The number of anilines is 1. The summed E-state index contributed by atoms with van der Waals surface area (Å²) in [6.07, 6.45) is 0. The zero-order valence-corrected chi connectivity index (χ0v) is 14.0. The lowest BCUT2D eigenvalue weighted by Crippen LogP contribution is -2.26. The number of carbonyl (C=O) groups is 1. The molecule has 2 heterocycles. The summed E-state index contributed by atoms with van der Waals surface area (Å²) in [5.41, 5.74) is 3.79. The Morgan fingerprint density at radius 3 is 2.61 bits per heavy atom. The van der Waals surface area contributed by atoms with E-state index in [4.69, 9.17) is 23.2 Å². The van der Waals surface area contributed by atoms with E-state index < -0.39 is 5.41 Å². The van der Waals surface area contributed by atoms with E-state index in [0.717, 1.165) is 27.8 Å². The van der Waals surface area contributed by atoms with Crippen molar-refractivity contribution in [1.82, 2.24) is 9.97 Å². The molecule has 23 heavy (non-hydrogen) atoms. The van der Waals surface area contributed by atoms with Crippen LogP contribution in [-0.4, -0.2) is 15.9 Å². The quantitative estimate of drug-likeness (QED) is 0.667. The van der Waals surface area contributed by atoms with E-state index >= 15 is 0 Å². The fraction of sp³-hybridized carbons (Fsp3) is 0.176. The first kappa shape index (κ1) is 14.5. The van der Waals surface area contributed by atoms with E-state index in [-0.39, 0.29) is 5.91 Å². The molecule has 116 valence electrons. The number of halogens is 2. The first-order chi connectivity index (χ1) is 10.9. The number of carbonyl (C=O) groups excluding carboxylic acids is 1. The van der Waals surface area contributed by atoms with Crippen molar-refractivity contribution in [2.45, 2.75) is 19.3 Å². The summed E-state index contributed by atoms with van der Waals surface area (Å²) in [7, 11) is 0. The van der Waals surface area contributed by atoms with E-state index in [1.807, 2.05) is 32.0 Å². The molecule has 0 unspecified atom stereocenters. The van der Waals surface area contributed by atoms with Crippen molar-refractivity contribution < 1.29 is 4.79 Å². The van der Waals surface area contributed by atoms with Gasteiger partial charge in [-0.05, 0) is 49.7 Å². The van der Waals surface area contributed by atoms with Gasteiger partial charge in [0.05, 0.1) is 26.5 Å². The second-order valence-corrected chi connectivity index (χ2v) is 7.02. The molecule has 4 rings (SSSR count). The normalized spacial score (nSPS) is 15.7. The fourth-order valence-corrected chi connectivity index (χ4v) is 3.16. The number of hydrogen-bond acceptors (Lipinski definition) is 2. The van der Waals surface area contributed by atoms with Crippen LogP contribution in [-0.2, 0) is 10.2 Å². The van der Waals surface area contributed by atoms with E-state index in [0.29, 0.717) is 15.9 Å². The van der Waals surface area contributed by atoms with E-state index in [2.05, 4.69) is 15.3 Å². The molecule has 0 saturated heterocycles. The van der Waals surface area contributed by atoms with Crippen LogP contribution in [0.25, 0.3) is 22.4 Å². The van der Waals surface area contributed by atoms with E-state index in [1.54, 1.807) is 12.1 Å². The summed E-state index contributed by atoms with van der Waals surface area (Å²) in [6.45, 7) is 3.83. The van der Waals surface area contributed by atoms with Crippen molar-refractivity contribution >= 4 is 45.8 Å². The average molecular weight is 346 g/mol. The maximum absolute atomic E-state index is 12.0. The van der Waals surface area contributed by atoms with Gasteiger partial charge in [-0.3, -0.25) is 4.79 Å². The van der Waals surface area contributed by atoms with Gasteiger partial charge < -0.3 is 10.3 Å². The van der Waals surface area contributed by atoms with Crippen LogP contribution in [0.1, 0.15) is 19.4 Å². The number of aromatic amines is 1. The van der Waals surface area contributed by atoms with Crippen LogP contribution in [0, 0.1) is 0 Å². The number of rotatable bonds is 1. The zero-order chi connectivity index (χ0) is 16.4. The highest BCUT2D eigenvalue weighted by Crippen LogP contribution is 2.39. The van der Waals surface area contributed by atoms with Crippen molar-refractivity contribution in [2.24, 2.45) is 0 Å². The molecule has 1 amide bonds. The zero-order valence-electron chi connectivity index (χ0n) is 12.5. The highest BCUT2D eigenvalue weighted by molar-refractivity contribution is 6.42. The molecular formula is C17H13Cl2N3O. The Hall–Kier alpha value is -2.04. The monoisotopic (exact) mass is 345 g/mol. The number of nitrogens with zero attached hydrogens (tertiary/aromatic N) is 1. The fourth-order valence-electron chi connectivity index (χ4n) is 2.86. The van der Waals surface area contributed by atoms with Gasteiger partial charge in [0.1, 0.15) is 5.82 Å². The average Bonchev–Trinajstić information content (AvgIpc) is 3.00. The van der Waals surface area contributed by atoms with Crippen LogP contribution in [0.5, 0.6) is 0 Å². The maximum Gasteiger partial charge on any atom is 0.234 e. The van der Waals surface area contributed by atoms with Crippen LogP contribution < -0.4 is 5.32 Å². The molecule has 1 aromatic heterocycles. The SMILES string of the molecule is CC1(C)C(=O)Nc2cc3nc(-c4ccc(Cl)c(Cl)c4)[nH]c3cc21. The predicted molar refractivity (Wildman–Crippen MR) is 93.2 cm³/mol. The molecule has 6 heteroatoms. The summed E-state index contributed by atoms with van der Waals surface area (Å²) in [4.78, 5) is 19.9. The van der Waals surface area contributed by atoms with Gasteiger partial charge in [0.15, 0.2) is 0 Å². The lowest BCUT2D eigenvalue weighted by Gasteiger charge is -2.14. The van der Waals surface area contributed by atoms with Crippen molar-refractivity contribution in [2.75, 3.05) is 5.32 Å². The predicted octanol–water partition coefficient (Wildman–Crippen LogP) is 4.77. The minimum atomic E-state index is -0.543. The van der Waals surface area contributed by atoms with Gasteiger partial charge in [0.2, 0.25) is 5.91 Å². The summed E-state index contributed by atoms with van der Waals surface area (Å²) in [5.74, 6) is 0.719. The molecule has 4 nitrogen and oxygen atoms in total. The summed E-state index contributed by atoms with van der Waals surface area (Å²) < 4.78 is 0. The smallest absolute Gasteiger partial charge is 0.234 e. The number of fused-ring (bicyclic) bond motifs is 2. The van der Waals surface area contributed by atoms with Crippen molar-refractivity contribution in [3.63, 3.8) is 0 Å². The number of amides is 1. The molecule has 0 spiro atoms. The molecular weight excluding hydrogens is 333 g/mol. The van der Waals surface area contributed by atoms with Gasteiger partial charge in [-0.15, -0.1) is 0 Å². The highest BCUT2D eigenvalue weighted by Gasteiger charge is 2.38. The van der Waals surface area contributed by atoms with Gasteiger partial charge in [-0.1, -0.05) is 23.2 Å². The first-order valence-corrected chi connectivity index (χ1v) is 7.93. The number of aromatic nitrogens is 2. The van der Waals surface area contributed by atoms with Crippen molar-refractivity contribution in [3.05, 3.63) is 45.9 Å². The Balaban J connectivity index is 1.87. The largest absolute Gasteiger partial charge is 0.338 e. The van der Waals surface area contributed by atoms with Crippen LogP contribution in [0.15, 0.2) is 30.3 Å². The maximum atomic E-state index is 12.0. The number of hydrogen-bond donors (Lipinski definition) is 2. The molecule has 0 fully saturated rings. The Kier molecular flexibility index (Phi) is 2.99. The number of H-pyrrole nitrogens is 1. The van der Waals surface area contributed by atoms with E-state index in [9.17, 15) is 4.79 Å². The molecule has 2 N–H and O–H groups in total. The topological polar surface area (TPSA) is 57.8 Å². The molecule has 0 aliphatic carbocycles. The molecule has 1 aliphatic heterocycles. The standard InChI is InChI=1S/C17H13Cl2N3O/c1-17(2)9-6-13-14(7-12(9)22-16(17)23)21-15(20-13)8-3-4-10(18)11(19)5-8/h3-7H,1-2H3,(H,20,21)(H,22,23). The molecule has 0 atom stereocenters. The second kappa shape index (κ2) is 4.73. The van der Waals surface area contributed by atoms with Crippen LogP contribution in [0.3, 0.4) is 0 Å². The third-order valence-electron chi connectivity index (χ3n) is 4.30. The van der Waals surface area contributed by atoms with Crippen LogP contribution in [0.4, 0.5) is 5.69 Å². The summed E-state index contributed by atoms with van der Waals surface area (Å²) in [6, 6.07) is 9.27. The van der Waals surface area contributed by atoms with Gasteiger partial charge in [0, 0.05) is 11.3 Å². The molecule has 0 saturated carbocycles. The third kappa shape index (κ3) is 2.13. The van der Waals surface area contributed by atoms with Crippen molar-refractivity contribution in [1.29, 1.82) is 0 Å². The first-order valence-electron chi connectivity index (χ1n) is 7.17. The number of benzene rings is 2. The Bertz CT molecular complexity index is 975.